The molecule has 0 fully saturated rings. The van der Waals surface area contributed by atoms with E-state index in [0.29, 0.717) is 0 Å². The van der Waals surface area contributed by atoms with E-state index in [0.717, 1.165) is 0 Å². The monoisotopic (exact) mass is 80.0 g/mol. The number of nitrogens with zero attached hydrogens (tertiary/aromatic N) is 2. The van der Waals surface area contributed by atoms with Crippen LogP contribution in [0.25, 0.3) is 0 Å². The fourth-order valence-corrected chi connectivity index (χ4v) is 0.0860. The standard InChI is InChI=1S/C4H4N2/c1-2-3-6-4-5/h2-3H,1H2. The second-order valence-corrected chi connectivity index (χ2v) is 0.614. The minimum atomic E-state index is 1.33. The minimum absolute atomic E-state index is 1.33. The minimum Gasteiger partial charge on any atom is -0.182 e. The average molecular weight is 80.1 g/mol. The van der Waals surface area contributed by atoms with Gasteiger partial charge in [0.05, 0.1) is 0 Å². The van der Waals surface area contributed by atoms with Crippen LogP contribution in [0.5, 0.6) is 0 Å². The quantitative estimate of drug-likeness (QED) is 0.337. The van der Waals surface area contributed by atoms with Gasteiger partial charge in [-0.15, -0.1) is 0 Å². The van der Waals surface area contributed by atoms with Gasteiger partial charge in [0.15, 0.2) is 0 Å². The predicted octanol–water partition coefficient (Wildman–Crippen LogP) is 0.724. The van der Waals surface area contributed by atoms with Crippen LogP contribution in [0.3, 0.4) is 0 Å². The van der Waals surface area contributed by atoms with Crippen molar-refractivity contribution in [2.24, 2.45) is 4.99 Å². The molecule has 0 N–H and O–H groups in total. The fraction of sp³-hybridized carbons (Fsp3) is 0. The highest BCUT2D eigenvalue weighted by molar-refractivity contribution is 5.70. The molecule has 2 heteroatoms. The molecule has 0 aliphatic rings. The Balaban J connectivity index is 3.26. The SMILES string of the molecule is C=CC=NC#N. The Morgan fingerprint density at radius 2 is 2.50 bits per heavy atom. The second kappa shape index (κ2) is 3.90. The van der Waals surface area contributed by atoms with Crippen molar-refractivity contribution in [3.8, 4) is 6.19 Å². The van der Waals surface area contributed by atoms with Gasteiger partial charge in [-0.25, -0.2) is 0 Å². The maximum Gasteiger partial charge on any atom is 0.205 e. The summed E-state index contributed by atoms with van der Waals surface area (Å²) in [4.78, 5) is 3.15. The first kappa shape index (κ1) is 4.90. The molecule has 0 aromatic heterocycles. The number of hydrogen-bond donors (Lipinski definition) is 0. The topological polar surface area (TPSA) is 36.1 Å². The number of allylic oxidation sites excluding steroid dienone is 1. The van der Waals surface area contributed by atoms with Gasteiger partial charge in [0, 0.05) is 6.21 Å². The highest BCUT2D eigenvalue weighted by Gasteiger charge is 1.50. The van der Waals surface area contributed by atoms with E-state index in [2.05, 4.69) is 11.6 Å². The Hall–Kier alpha value is -1.10. The van der Waals surface area contributed by atoms with E-state index >= 15 is 0 Å². The van der Waals surface area contributed by atoms with E-state index in [9.17, 15) is 0 Å². The molecule has 0 saturated carbocycles. The number of rotatable bonds is 1. The Kier molecular flexibility index (Phi) is 3.19. The largest absolute Gasteiger partial charge is 0.205 e. The summed E-state index contributed by atoms with van der Waals surface area (Å²) in [7, 11) is 0. The van der Waals surface area contributed by atoms with Crippen LogP contribution in [0, 0.1) is 11.5 Å². The van der Waals surface area contributed by atoms with Crippen molar-refractivity contribution in [1.29, 1.82) is 5.26 Å². The van der Waals surface area contributed by atoms with Gasteiger partial charge in [-0.05, 0) is 0 Å². The van der Waals surface area contributed by atoms with Crippen molar-refractivity contribution in [3.05, 3.63) is 12.7 Å². The molecule has 0 heterocycles. The summed E-state index contributed by atoms with van der Waals surface area (Å²) < 4.78 is 0. The highest BCUT2D eigenvalue weighted by Crippen LogP contribution is 1.54. The van der Waals surface area contributed by atoms with Crippen LogP contribution in [0.2, 0.25) is 0 Å². The zero-order chi connectivity index (χ0) is 4.83. The lowest BCUT2D eigenvalue weighted by atomic mass is 10.7. The van der Waals surface area contributed by atoms with E-state index in [-0.39, 0.29) is 0 Å². The van der Waals surface area contributed by atoms with Crippen molar-refractivity contribution in [2.75, 3.05) is 0 Å². The van der Waals surface area contributed by atoms with Gasteiger partial charge >= 0.3 is 0 Å². The molecule has 0 bridgehead atoms. The summed E-state index contributed by atoms with van der Waals surface area (Å²) in [6, 6.07) is 0. The summed E-state index contributed by atoms with van der Waals surface area (Å²) in [5.41, 5.74) is 0. The van der Waals surface area contributed by atoms with Gasteiger partial charge in [0.25, 0.3) is 0 Å². The number of aliphatic imine (C=N–C) groups is 1. The van der Waals surface area contributed by atoms with Crippen molar-refractivity contribution >= 4 is 6.21 Å². The van der Waals surface area contributed by atoms with Crippen LogP contribution >= 0.6 is 0 Å². The van der Waals surface area contributed by atoms with Crippen LogP contribution in [0.1, 0.15) is 0 Å². The van der Waals surface area contributed by atoms with Crippen LogP contribution in [-0.4, -0.2) is 6.21 Å². The lowest BCUT2D eigenvalue weighted by Crippen LogP contribution is -1.53. The van der Waals surface area contributed by atoms with Gasteiger partial charge in [-0.2, -0.15) is 10.3 Å². The Morgan fingerprint density at radius 1 is 1.83 bits per heavy atom. The molecule has 0 spiro atoms. The molecule has 0 atom stereocenters. The average Bonchev–Trinajstić information content (AvgIpc) is 1.61. The molecular formula is C4H4N2. The predicted molar refractivity (Wildman–Crippen MR) is 24.3 cm³/mol. The molecule has 0 amide bonds. The van der Waals surface area contributed by atoms with E-state index in [1.807, 2.05) is 0 Å². The molecule has 0 unspecified atom stereocenters. The molecule has 0 saturated heterocycles. The molecular weight excluding hydrogens is 76.1 g/mol. The number of nitriles is 1. The van der Waals surface area contributed by atoms with Crippen molar-refractivity contribution < 1.29 is 0 Å². The van der Waals surface area contributed by atoms with Gasteiger partial charge in [0.2, 0.25) is 6.19 Å². The third-order valence-corrected chi connectivity index (χ3v) is 0.238. The molecule has 0 aromatic rings. The Bertz CT molecular complexity index is 96.6. The van der Waals surface area contributed by atoms with Gasteiger partial charge in [-0.3, -0.25) is 0 Å². The third kappa shape index (κ3) is 2.90. The zero-order valence-electron chi connectivity index (χ0n) is 3.26. The van der Waals surface area contributed by atoms with Crippen molar-refractivity contribution in [1.82, 2.24) is 0 Å². The van der Waals surface area contributed by atoms with Crippen molar-refractivity contribution in [3.63, 3.8) is 0 Å². The maximum atomic E-state index is 7.70. The van der Waals surface area contributed by atoms with Crippen LogP contribution in [-0.2, 0) is 0 Å². The van der Waals surface area contributed by atoms with Gasteiger partial charge in [-0.1, -0.05) is 12.7 Å². The molecule has 0 radical (unpaired) electrons. The molecule has 0 aliphatic heterocycles. The van der Waals surface area contributed by atoms with Crippen LogP contribution in [0.15, 0.2) is 17.6 Å². The van der Waals surface area contributed by atoms with Crippen LogP contribution < -0.4 is 0 Å². The third-order valence-electron chi connectivity index (χ3n) is 0.238. The molecule has 0 rings (SSSR count). The maximum absolute atomic E-state index is 7.70. The fourth-order valence-electron chi connectivity index (χ4n) is 0.0860. The summed E-state index contributed by atoms with van der Waals surface area (Å²) in [5.74, 6) is 0. The molecule has 0 aromatic carbocycles. The van der Waals surface area contributed by atoms with E-state index in [1.54, 1.807) is 6.19 Å². The normalized spacial score (nSPS) is 7.83. The first-order chi connectivity index (χ1) is 2.91. The Morgan fingerprint density at radius 3 is 2.67 bits per heavy atom. The lowest BCUT2D eigenvalue weighted by molar-refractivity contribution is 1.45. The summed E-state index contributed by atoms with van der Waals surface area (Å²) >= 11 is 0. The zero-order valence-corrected chi connectivity index (χ0v) is 3.26. The van der Waals surface area contributed by atoms with Gasteiger partial charge in [0.1, 0.15) is 0 Å². The smallest absolute Gasteiger partial charge is 0.182 e. The first-order valence-corrected chi connectivity index (χ1v) is 1.45. The molecule has 30 valence electrons. The Labute approximate surface area is 36.4 Å². The number of hydrogen-bond acceptors (Lipinski definition) is 2. The van der Waals surface area contributed by atoms with Crippen LogP contribution in [0.4, 0.5) is 0 Å². The first-order valence-electron chi connectivity index (χ1n) is 1.45. The molecule has 6 heavy (non-hydrogen) atoms. The molecule has 0 aliphatic carbocycles. The van der Waals surface area contributed by atoms with Crippen molar-refractivity contribution in [2.45, 2.75) is 0 Å². The highest BCUT2D eigenvalue weighted by atomic mass is 14.7. The van der Waals surface area contributed by atoms with E-state index < -0.39 is 0 Å². The van der Waals surface area contributed by atoms with E-state index in [1.165, 1.54) is 12.3 Å². The van der Waals surface area contributed by atoms with Gasteiger partial charge < -0.3 is 0 Å². The second-order valence-electron chi connectivity index (χ2n) is 0.614. The van der Waals surface area contributed by atoms with E-state index in [4.69, 9.17) is 5.26 Å². The lowest BCUT2D eigenvalue weighted by Gasteiger charge is -1.54. The molecule has 2 nitrogen and oxygen atoms in total. The summed E-state index contributed by atoms with van der Waals surface area (Å²) in [6.07, 6.45) is 4.35. The summed E-state index contributed by atoms with van der Waals surface area (Å²) in [6.45, 7) is 3.30. The summed E-state index contributed by atoms with van der Waals surface area (Å²) in [5, 5.41) is 7.70.